The summed E-state index contributed by atoms with van der Waals surface area (Å²) >= 11 is 0. The van der Waals surface area contributed by atoms with Gasteiger partial charge in [0.1, 0.15) is 22.8 Å². The first kappa shape index (κ1) is 26.0. The van der Waals surface area contributed by atoms with Crippen LogP contribution in [0, 0.1) is 23.7 Å². The summed E-state index contributed by atoms with van der Waals surface area (Å²) in [6, 6.07) is 8.75. The summed E-state index contributed by atoms with van der Waals surface area (Å²) in [7, 11) is 3.10. The van der Waals surface area contributed by atoms with Crippen molar-refractivity contribution in [3.63, 3.8) is 0 Å². The van der Waals surface area contributed by atoms with E-state index >= 15 is 0 Å². The van der Waals surface area contributed by atoms with Gasteiger partial charge in [-0.2, -0.15) is 0 Å². The summed E-state index contributed by atoms with van der Waals surface area (Å²) < 4.78 is 0. The molecule has 2 aromatic rings. The first-order valence-electron chi connectivity index (χ1n) is 12.2. The molecule has 200 valence electrons. The fraction of sp³-hybridized carbons (Fsp3) is 0.276. The molecule has 3 aliphatic carbocycles. The average Bonchev–Trinajstić information content (AvgIpc) is 2.86. The molecule has 0 saturated heterocycles. The van der Waals surface area contributed by atoms with Crippen molar-refractivity contribution in [1.82, 2.24) is 4.90 Å². The van der Waals surface area contributed by atoms with Crippen LogP contribution in [0.15, 0.2) is 53.3 Å². The second-order valence-corrected chi connectivity index (χ2v) is 10.3. The van der Waals surface area contributed by atoms with Crippen LogP contribution >= 0.6 is 0 Å². The van der Waals surface area contributed by atoms with Crippen molar-refractivity contribution >= 4 is 28.9 Å². The second kappa shape index (κ2) is 9.01. The number of anilines is 1. The van der Waals surface area contributed by atoms with E-state index in [1.165, 1.54) is 11.0 Å². The molecule has 3 aliphatic rings. The van der Waals surface area contributed by atoms with Crippen molar-refractivity contribution in [1.29, 1.82) is 0 Å². The molecule has 8 N–H and O–H groups in total. The lowest BCUT2D eigenvalue weighted by Gasteiger charge is -2.50. The van der Waals surface area contributed by atoms with Crippen LogP contribution in [0.5, 0.6) is 5.75 Å². The molecule has 10 heteroatoms. The van der Waals surface area contributed by atoms with E-state index in [1.54, 1.807) is 44.4 Å². The minimum atomic E-state index is -2.67. The van der Waals surface area contributed by atoms with Gasteiger partial charge in [-0.1, -0.05) is 11.8 Å². The molecule has 4 atom stereocenters. The number of nitrogens with zero attached hydrogens (tertiary/aromatic N) is 1. The van der Waals surface area contributed by atoms with Crippen LogP contribution in [0.4, 0.5) is 5.69 Å². The zero-order valence-electron chi connectivity index (χ0n) is 21.2. The Bertz CT molecular complexity index is 1580. The van der Waals surface area contributed by atoms with E-state index < -0.39 is 58.0 Å². The maximum Gasteiger partial charge on any atom is 0.255 e. The maximum absolute atomic E-state index is 13.9. The molecule has 1 fully saturated rings. The van der Waals surface area contributed by atoms with Gasteiger partial charge in [-0.15, -0.1) is 0 Å². The number of hydrogen-bond donors (Lipinski definition) is 6. The van der Waals surface area contributed by atoms with Gasteiger partial charge in [0.15, 0.2) is 11.4 Å². The van der Waals surface area contributed by atoms with Gasteiger partial charge in [-0.25, -0.2) is 0 Å². The number of aromatic hydroxyl groups is 1. The van der Waals surface area contributed by atoms with Crippen LogP contribution < -0.4 is 11.5 Å². The van der Waals surface area contributed by atoms with Crippen LogP contribution in [0.2, 0.25) is 0 Å². The summed E-state index contributed by atoms with van der Waals surface area (Å²) in [6.07, 6.45) is 0.168. The van der Waals surface area contributed by atoms with Crippen LogP contribution in [0.3, 0.4) is 0 Å². The van der Waals surface area contributed by atoms with Crippen molar-refractivity contribution in [3.05, 3.63) is 75.6 Å². The van der Waals surface area contributed by atoms with Gasteiger partial charge in [0, 0.05) is 28.3 Å². The highest BCUT2D eigenvalue weighted by molar-refractivity contribution is 6.24. The number of ketones is 2. The molecule has 1 amide bonds. The highest BCUT2D eigenvalue weighted by Crippen LogP contribution is 2.52. The van der Waals surface area contributed by atoms with Crippen molar-refractivity contribution in [2.45, 2.75) is 24.5 Å². The molecular weight excluding hydrogens is 502 g/mol. The van der Waals surface area contributed by atoms with E-state index in [0.717, 1.165) is 0 Å². The second-order valence-electron chi connectivity index (χ2n) is 10.3. The van der Waals surface area contributed by atoms with Crippen LogP contribution in [-0.2, 0) is 20.8 Å². The number of amides is 1. The number of carbonyl (C=O) groups is 3. The van der Waals surface area contributed by atoms with Gasteiger partial charge in [-0.05, 0) is 74.8 Å². The largest absolute Gasteiger partial charge is 0.508 e. The number of likely N-dealkylation sites (N-methyl/N-ethyl adjacent to an activating group) is 1. The number of phenols is 1. The molecular formula is C29H27N3O7. The topological polar surface area (TPSA) is 187 Å². The van der Waals surface area contributed by atoms with E-state index in [4.69, 9.17) is 11.5 Å². The van der Waals surface area contributed by atoms with Crippen molar-refractivity contribution < 1.29 is 34.8 Å². The Hall–Kier alpha value is -4.59. The number of aliphatic hydroxyl groups is 3. The Balaban J connectivity index is 1.68. The average molecular weight is 530 g/mol. The minimum absolute atomic E-state index is 0.00426. The standard InChI is InChI=1S/C29H27N3O7/c1-32(2)23-18-12-15-11-17-14(6-3-13-4-8-16(30)9-5-13)7-10-19(33)21(17)24(34)20(15)26(36)29(18,39)27(37)22(25(23)35)28(31)38/h4-5,7-10,15,18,23,33-34,37,39H,11-12,30H2,1-2H3,(H2,31,38)/t15-,18-,23-,29+/m1/s1. The quantitative estimate of drug-likeness (QED) is 0.187. The number of fused-ring (bicyclic) bond motifs is 3. The monoisotopic (exact) mass is 529 g/mol. The first-order valence-corrected chi connectivity index (χ1v) is 12.2. The molecule has 0 radical (unpaired) electrons. The molecule has 2 aromatic carbocycles. The molecule has 0 unspecified atom stereocenters. The summed E-state index contributed by atoms with van der Waals surface area (Å²) in [5.41, 5.74) is 9.65. The number of aliphatic hydroxyl groups excluding tert-OH is 2. The van der Waals surface area contributed by atoms with Gasteiger partial charge in [0.2, 0.25) is 5.78 Å². The van der Waals surface area contributed by atoms with E-state index in [0.29, 0.717) is 22.4 Å². The Labute approximate surface area is 223 Å². The minimum Gasteiger partial charge on any atom is -0.508 e. The fourth-order valence-electron chi connectivity index (χ4n) is 6.07. The number of carbonyl (C=O) groups excluding carboxylic acids is 3. The Morgan fingerprint density at radius 2 is 1.72 bits per heavy atom. The number of phenolic OH excluding ortho intramolecular Hbond substituents is 1. The molecule has 1 saturated carbocycles. The highest BCUT2D eigenvalue weighted by atomic mass is 16.3. The van der Waals surface area contributed by atoms with Gasteiger partial charge in [-0.3, -0.25) is 19.3 Å². The van der Waals surface area contributed by atoms with Crippen molar-refractivity contribution in [3.8, 4) is 17.6 Å². The zero-order valence-corrected chi connectivity index (χ0v) is 21.2. The SMILES string of the molecule is CN(C)[C@H]1C(=O)C(C(N)=O)=C(O)[C@@]2(O)C(=O)C3=C(O)c4c(O)ccc(C#Cc5ccc(N)cc5)c4C[C@@H]3C[C@H]12. The molecule has 39 heavy (non-hydrogen) atoms. The van der Waals surface area contributed by atoms with E-state index in [2.05, 4.69) is 11.8 Å². The predicted molar refractivity (Wildman–Crippen MR) is 141 cm³/mol. The van der Waals surface area contributed by atoms with E-state index in [1.807, 2.05) is 0 Å². The third-order valence-corrected chi connectivity index (χ3v) is 7.86. The smallest absolute Gasteiger partial charge is 0.255 e. The Morgan fingerprint density at radius 3 is 2.33 bits per heavy atom. The van der Waals surface area contributed by atoms with Gasteiger partial charge >= 0.3 is 0 Å². The lowest BCUT2D eigenvalue weighted by Crippen LogP contribution is -2.65. The van der Waals surface area contributed by atoms with E-state index in [9.17, 15) is 34.8 Å². The van der Waals surface area contributed by atoms with Crippen LogP contribution in [0.25, 0.3) is 5.76 Å². The van der Waals surface area contributed by atoms with Crippen LogP contribution in [-0.4, -0.2) is 68.5 Å². The Kier molecular flexibility index (Phi) is 6.01. The Morgan fingerprint density at radius 1 is 1.05 bits per heavy atom. The number of nitrogen functional groups attached to an aromatic ring is 1. The zero-order chi connectivity index (χ0) is 28.4. The maximum atomic E-state index is 13.9. The third-order valence-electron chi connectivity index (χ3n) is 7.86. The summed E-state index contributed by atoms with van der Waals surface area (Å²) in [6.45, 7) is 0. The molecule has 0 heterocycles. The normalized spacial score (nSPS) is 26.0. The van der Waals surface area contributed by atoms with Gasteiger partial charge in [0.05, 0.1) is 11.6 Å². The molecule has 0 aliphatic heterocycles. The third kappa shape index (κ3) is 3.78. The number of nitrogens with two attached hydrogens (primary N) is 2. The number of benzene rings is 2. The summed E-state index contributed by atoms with van der Waals surface area (Å²) in [5, 5.41) is 44.5. The predicted octanol–water partition coefficient (Wildman–Crippen LogP) is 0.946. The summed E-state index contributed by atoms with van der Waals surface area (Å²) in [4.78, 5) is 40.6. The number of primary amides is 1. The van der Waals surface area contributed by atoms with Crippen molar-refractivity contribution in [2.24, 2.45) is 17.6 Å². The molecule has 5 rings (SSSR count). The highest BCUT2D eigenvalue weighted by Gasteiger charge is 2.64. The molecule has 0 bridgehead atoms. The molecule has 10 nitrogen and oxygen atoms in total. The lowest BCUT2D eigenvalue weighted by atomic mass is 9.57. The van der Waals surface area contributed by atoms with Gasteiger partial charge < -0.3 is 31.9 Å². The molecule has 0 aromatic heterocycles. The van der Waals surface area contributed by atoms with Crippen LogP contribution in [0.1, 0.15) is 28.7 Å². The van der Waals surface area contributed by atoms with Gasteiger partial charge in [0.25, 0.3) is 5.91 Å². The first-order chi connectivity index (χ1) is 18.4. The molecule has 0 spiro atoms. The fourth-order valence-corrected chi connectivity index (χ4v) is 6.07. The van der Waals surface area contributed by atoms with E-state index in [-0.39, 0.29) is 29.7 Å². The number of rotatable bonds is 2. The summed E-state index contributed by atoms with van der Waals surface area (Å²) in [5.74, 6) is -0.833. The number of hydrogen-bond acceptors (Lipinski definition) is 9. The van der Waals surface area contributed by atoms with Crippen molar-refractivity contribution in [2.75, 3.05) is 19.8 Å². The number of Topliss-reactive ketones (excluding diaryl/α,β-unsaturated/α-hetero) is 2. The lowest BCUT2D eigenvalue weighted by molar-refractivity contribution is -0.153.